The molecule has 0 aliphatic carbocycles. The molecular weight excluding hydrogens is 202 g/mol. The Balaban J connectivity index is 2.17. The molecule has 1 unspecified atom stereocenters. The molecule has 0 radical (unpaired) electrons. The van der Waals surface area contributed by atoms with Gasteiger partial charge in [-0.2, -0.15) is 5.26 Å². The van der Waals surface area contributed by atoms with Crippen LogP contribution in [0.1, 0.15) is 6.42 Å². The molecule has 4 heteroatoms. The number of hydrogen-bond acceptors (Lipinski definition) is 3. The lowest BCUT2D eigenvalue weighted by Gasteiger charge is -2.32. The molecule has 1 amide bonds. The third-order valence-corrected chi connectivity index (χ3v) is 2.65. The number of anilines is 1. The molecule has 16 heavy (non-hydrogen) atoms. The maximum absolute atomic E-state index is 12.0. The van der Waals surface area contributed by atoms with Crippen LogP contribution in [0.2, 0.25) is 0 Å². The normalized spacial score (nSPS) is 20.6. The van der Waals surface area contributed by atoms with Crippen LogP contribution in [0.25, 0.3) is 0 Å². The summed E-state index contributed by atoms with van der Waals surface area (Å²) in [5.74, 6) is -0.0148. The lowest BCUT2D eigenvalue weighted by molar-refractivity contribution is -0.121. The van der Waals surface area contributed by atoms with Crippen molar-refractivity contribution in [1.29, 1.82) is 5.26 Å². The Hall–Kier alpha value is -1.86. The lowest BCUT2D eigenvalue weighted by Crippen LogP contribution is -2.55. The molecule has 4 nitrogen and oxygen atoms in total. The first kappa shape index (κ1) is 10.7. The minimum absolute atomic E-state index is 0.0148. The molecule has 0 aromatic heterocycles. The highest BCUT2D eigenvalue weighted by Gasteiger charge is 2.28. The quantitative estimate of drug-likeness (QED) is 0.797. The van der Waals surface area contributed by atoms with Crippen LogP contribution in [0.5, 0.6) is 0 Å². The van der Waals surface area contributed by atoms with Crippen molar-refractivity contribution in [2.24, 2.45) is 0 Å². The Morgan fingerprint density at radius 2 is 2.19 bits per heavy atom. The summed E-state index contributed by atoms with van der Waals surface area (Å²) in [4.78, 5) is 13.8. The van der Waals surface area contributed by atoms with E-state index in [1.165, 1.54) is 0 Å². The van der Waals surface area contributed by atoms with E-state index in [9.17, 15) is 4.79 Å². The second-order valence-electron chi connectivity index (χ2n) is 3.69. The minimum Gasteiger partial charge on any atom is -0.310 e. The molecule has 1 saturated heterocycles. The van der Waals surface area contributed by atoms with Crippen molar-refractivity contribution in [3.05, 3.63) is 30.3 Å². The van der Waals surface area contributed by atoms with Crippen LogP contribution >= 0.6 is 0 Å². The standard InChI is InChI=1S/C12H13N3O/c13-7-6-11-12(16)15(9-8-14-11)10-4-2-1-3-5-10/h1-5,11,14H,6,8-9H2. The summed E-state index contributed by atoms with van der Waals surface area (Å²) in [5.41, 5.74) is 0.900. The zero-order chi connectivity index (χ0) is 11.4. The van der Waals surface area contributed by atoms with Crippen molar-refractivity contribution in [2.45, 2.75) is 12.5 Å². The summed E-state index contributed by atoms with van der Waals surface area (Å²) in [6.45, 7) is 1.39. The predicted molar refractivity (Wildman–Crippen MR) is 60.8 cm³/mol. The second kappa shape index (κ2) is 4.77. The van der Waals surface area contributed by atoms with Crippen molar-refractivity contribution in [3.63, 3.8) is 0 Å². The molecule has 1 heterocycles. The van der Waals surface area contributed by atoms with Gasteiger partial charge in [-0.15, -0.1) is 0 Å². The zero-order valence-corrected chi connectivity index (χ0v) is 8.89. The summed E-state index contributed by atoms with van der Waals surface area (Å²) in [5, 5.41) is 11.7. The predicted octanol–water partition coefficient (Wildman–Crippen LogP) is 0.905. The number of hydrogen-bond donors (Lipinski definition) is 1. The highest BCUT2D eigenvalue weighted by molar-refractivity contribution is 5.98. The summed E-state index contributed by atoms with van der Waals surface area (Å²) in [6, 6.07) is 11.2. The average Bonchev–Trinajstić information content (AvgIpc) is 2.33. The van der Waals surface area contributed by atoms with Gasteiger partial charge in [0, 0.05) is 18.8 Å². The molecule has 2 rings (SSSR count). The van der Waals surface area contributed by atoms with Crippen LogP contribution in [0, 0.1) is 11.3 Å². The van der Waals surface area contributed by atoms with Gasteiger partial charge < -0.3 is 10.2 Å². The van der Waals surface area contributed by atoms with Gasteiger partial charge in [0.25, 0.3) is 0 Å². The maximum atomic E-state index is 12.0. The number of para-hydroxylation sites is 1. The molecule has 1 fully saturated rings. The number of benzene rings is 1. The maximum Gasteiger partial charge on any atom is 0.245 e. The van der Waals surface area contributed by atoms with Crippen LogP contribution < -0.4 is 10.2 Å². The average molecular weight is 215 g/mol. The molecule has 1 N–H and O–H groups in total. The van der Waals surface area contributed by atoms with Gasteiger partial charge in [-0.1, -0.05) is 18.2 Å². The van der Waals surface area contributed by atoms with E-state index in [1.54, 1.807) is 4.90 Å². The largest absolute Gasteiger partial charge is 0.310 e. The van der Waals surface area contributed by atoms with E-state index in [2.05, 4.69) is 5.32 Å². The molecular formula is C12H13N3O. The van der Waals surface area contributed by atoms with Crippen molar-refractivity contribution >= 4 is 11.6 Å². The smallest absolute Gasteiger partial charge is 0.245 e. The number of rotatable bonds is 2. The van der Waals surface area contributed by atoms with E-state index in [-0.39, 0.29) is 18.4 Å². The monoisotopic (exact) mass is 215 g/mol. The Bertz CT molecular complexity index is 410. The first-order valence-electron chi connectivity index (χ1n) is 5.29. The van der Waals surface area contributed by atoms with E-state index >= 15 is 0 Å². The van der Waals surface area contributed by atoms with E-state index in [0.29, 0.717) is 6.54 Å². The van der Waals surface area contributed by atoms with Gasteiger partial charge in [-0.05, 0) is 12.1 Å². The number of nitrogens with zero attached hydrogens (tertiary/aromatic N) is 2. The van der Waals surface area contributed by atoms with Gasteiger partial charge in [-0.3, -0.25) is 4.79 Å². The molecule has 1 aromatic carbocycles. The van der Waals surface area contributed by atoms with Crippen LogP contribution in [0.4, 0.5) is 5.69 Å². The Morgan fingerprint density at radius 1 is 1.44 bits per heavy atom. The van der Waals surface area contributed by atoms with Crippen molar-refractivity contribution in [3.8, 4) is 6.07 Å². The van der Waals surface area contributed by atoms with Gasteiger partial charge in [-0.25, -0.2) is 0 Å². The van der Waals surface area contributed by atoms with Crippen molar-refractivity contribution in [2.75, 3.05) is 18.0 Å². The van der Waals surface area contributed by atoms with Crippen LogP contribution in [-0.4, -0.2) is 25.0 Å². The fourth-order valence-electron chi connectivity index (χ4n) is 1.85. The van der Waals surface area contributed by atoms with E-state index in [4.69, 9.17) is 5.26 Å². The SMILES string of the molecule is N#CCC1NCCN(c2ccccc2)C1=O. The molecule has 1 aromatic rings. The number of carbonyl (C=O) groups excluding carboxylic acids is 1. The van der Waals surface area contributed by atoms with Crippen LogP contribution in [0.3, 0.4) is 0 Å². The van der Waals surface area contributed by atoms with Gasteiger partial charge in [0.05, 0.1) is 12.5 Å². The van der Waals surface area contributed by atoms with Gasteiger partial charge in [0.1, 0.15) is 6.04 Å². The van der Waals surface area contributed by atoms with Crippen molar-refractivity contribution < 1.29 is 4.79 Å². The molecule has 0 saturated carbocycles. The highest BCUT2D eigenvalue weighted by atomic mass is 16.2. The minimum atomic E-state index is -0.362. The second-order valence-corrected chi connectivity index (χ2v) is 3.69. The molecule has 1 aliphatic rings. The number of nitriles is 1. The van der Waals surface area contributed by atoms with Gasteiger partial charge in [0.2, 0.25) is 5.91 Å². The van der Waals surface area contributed by atoms with E-state index in [0.717, 1.165) is 12.2 Å². The summed E-state index contributed by atoms with van der Waals surface area (Å²) in [7, 11) is 0. The first-order valence-corrected chi connectivity index (χ1v) is 5.29. The van der Waals surface area contributed by atoms with Crippen LogP contribution in [-0.2, 0) is 4.79 Å². The third-order valence-electron chi connectivity index (χ3n) is 2.65. The van der Waals surface area contributed by atoms with Gasteiger partial charge in [0.15, 0.2) is 0 Å². The summed E-state index contributed by atoms with van der Waals surface area (Å²) < 4.78 is 0. The fraction of sp³-hybridized carbons (Fsp3) is 0.333. The Kier molecular flexibility index (Phi) is 3.18. The summed E-state index contributed by atoms with van der Waals surface area (Å²) >= 11 is 0. The van der Waals surface area contributed by atoms with Crippen LogP contribution in [0.15, 0.2) is 30.3 Å². The molecule has 1 aliphatic heterocycles. The highest BCUT2D eigenvalue weighted by Crippen LogP contribution is 2.16. The zero-order valence-electron chi connectivity index (χ0n) is 8.89. The molecule has 0 spiro atoms. The first-order chi connectivity index (χ1) is 7.83. The summed E-state index contributed by atoms with van der Waals surface area (Å²) in [6.07, 6.45) is 0.224. The third kappa shape index (κ3) is 2.05. The van der Waals surface area contributed by atoms with E-state index in [1.807, 2.05) is 36.4 Å². The number of amides is 1. The molecule has 1 atom stereocenters. The lowest BCUT2D eigenvalue weighted by atomic mass is 10.1. The van der Waals surface area contributed by atoms with E-state index < -0.39 is 0 Å². The molecule has 82 valence electrons. The Morgan fingerprint density at radius 3 is 2.88 bits per heavy atom. The van der Waals surface area contributed by atoms with Gasteiger partial charge >= 0.3 is 0 Å². The number of nitrogens with one attached hydrogen (secondary N) is 1. The topological polar surface area (TPSA) is 56.1 Å². The Labute approximate surface area is 94.5 Å². The fourth-order valence-corrected chi connectivity index (χ4v) is 1.85. The number of piperazine rings is 1. The molecule has 0 bridgehead atoms. The van der Waals surface area contributed by atoms with Crippen molar-refractivity contribution in [1.82, 2.24) is 5.32 Å². The number of carbonyl (C=O) groups is 1.